The summed E-state index contributed by atoms with van der Waals surface area (Å²) in [6.07, 6.45) is 0. The molecule has 0 aliphatic carbocycles. The van der Waals surface area contributed by atoms with Crippen molar-refractivity contribution in [2.45, 2.75) is 33.1 Å². The second-order valence-electron chi connectivity index (χ2n) is 5.76. The van der Waals surface area contributed by atoms with Crippen LogP contribution in [0.4, 0.5) is 5.82 Å². The van der Waals surface area contributed by atoms with E-state index in [1.54, 1.807) is 0 Å². The van der Waals surface area contributed by atoms with Gasteiger partial charge in [0, 0.05) is 12.0 Å². The summed E-state index contributed by atoms with van der Waals surface area (Å²) in [6.45, 7) is 9.48. The van der Waals surface area contributed by atoms with Gasteiger partial charge in [-0.25, -0.2) is 4.98 Å². The maximum atomic E-state index is 5.91. The van der Waals surface area contributed by atoms with Gasteiger partial charge in [0.15, 0.2) is 0 Å². The first-order chi connectivity index (χ1) is 8.21. The first kappa shape index (κ1) is 14.7. The first-order valence-electron chi connectivity index (χ1n) is 6.14. The monoisotopic (exact) mass is 252 g/mol. The van der Waals surface area contributed by atoms with E-state index in [1.165, 1.54) is 0 Å². The molecule has 0 aliphatic heterocycles. The molecule has 1 rings (SSSR count). The van der Waals surface area contributed by atoms with E-state index in [-0.39, 0.29) is 5.41 Å². The number of nitrogens with zero attached hydrogens (tertiary/aromatic N) is 3. The molecule has 2 N–H and O–H groups in total. The molecule has 1 aromatic heterocycles. The largest absolute Gasteiger partial charge is 0.476 e. The number of likely N-dealkylation sites (N-methyl/N-ethyl adjacent to an activating group) is 1. The van der Waals surface area contributed by atoms with Crippen LogP contribution in [0.2, 0.25) is 0 Å². The maximum Gasteiger partial charge on any atom is 0.221 e. The highest BCUT2D eigenvalue weighted by atomic mass is 16.5. The Morgan fingerprint density at radius 3 is 2.33 bits per heavy atom. The molecule has 0 aliphatic rings. The van der Waals surface area contributed by atoms with Gasteiger partial charge in [-0.1, -0.05) is 20.8 Å². The van der Waals surface area contributed by atoms with Gasteiger partial charge in [0.1, 0.15) is 18.2 Å². The molecular weight excluding hydrogens is 228 g/mol. The molecule has 1 aromatic rings. The summed E-state index contributed by atoms with van der Waals surface area (Å²) in [5.41, 5.74) is 6.58. The molecule has 5 nitrogen and oxygen atoms in total. The molecule has 102 valence electrons. The molecule has 0 atom stereocenters. The predicted octanol–water partition coefficient (Wildman–Crippen LogP) is 1.61. The third-order valence-electron chi connectivity index (χ3n) is 2.59. The normalized spacial score (nSPS) is 11.9. The molecule has 0 saturated carbocycles. The molecule has 18 heavy (non-hydrogen) atoms. The van der Waals surface area contributed by atoms with E-state index < -0.39 is 0 Å². The van der Waals surface area contributed by atoms with Crippen LogP contribution in [0.3, 0.4) is 0 Å². The van der Waals surface area contributed by atoms with Crippen LogP contribution in [-0.4, -0.2) is 42.1 Å². The third kappa shape index (κ3) is 3.84. The topological polar surface area (TPSA) is 64.3 Å². The summed E-state index contributed by atoms with van der Waals surface area (Å²) in [5, 5.41) is 0. The highest BCUT2D eigenvalue weighted by Crippen LogP contribution is 2.25. The number of ether oxygens (including phenoxy) is 1. The van der Waals surface area contributed by atoms with Crippen LogP contribution in [0.1, 0.15) is 32.2 Å². The molecule has 0 spiro atoms. The molecule has 0 unspecified atom stereocenters. The van der Waals surface area contributed by atoms with Crippen molar-refractivity contribution in [2.24, 2.45) is 0 Å². The van der Waals surface area contributed by atoms with Crippen LogP contribution < -0.4 is 10.5 Å². The van der Waals surface area contributed by atoms with Gasteiger partial charge in [-0.3, -0.25) is 0 Å². The van der Waals surface area contributed by atoms with Gasteiger partial charge in [0.2, 0.25) is 5.88 Å². The fraction of sp³-hybridized carbons (Fsp3) is 0.692. The van der Waals surface area contributed by atoms with Crippen molar-refractivity contribution in [1.29, 1.82) is 0 Å². The Kier molecular flexibility index (Phi) is 4.51. The first-order valence-corrected chi connectivity index (χ1v) is 6.14. The quantitative estimate of drug-likeness (QED) is 0.882. The van der Waals surface area contributed by atoms with Crippen LogP contribution in [0, 0.1) is 6.92 Å². The van der Waals surface area contributed by atoms with E-state index in [2.05, 4.69) is 35.6 Å². The average molecular weight is 252 g/mol. The lowest BCUT2D eigenvalue weighted by atomic mass is 9.95. The lowest BCUT2D eigenvalue weighted by Crippen LogP contribution is -2.22. The smallest absolute Gasteiger partial charge is 0.221 e. The predicted molar refractivity (Wildman–Crippen MR) is 73.9 cm³/mol. The standard InChI is InChI=1S/C13H24N4O/c1-9-10(14)15-12(13(2,3)4)16-11(9)18-8-7-17(5)6/h7-8H2,1-6H3,(H2,14,15,16). The molecule has 0 saturated heterocycles. The van der Waals surface area contributed by atoms with Crippen molar-refractivity contribution in [3.8, 4) is 5.88 Å². The fourth-order valence-corrected chi connectivity index (χ4v) is 1.31. The lowest BCUT2D eigenvalue weighted by Gasteiger charge is -2.19. The third-order valence-corrected chi connectivity index (χ3v) is 2.59. The summed E-state index contributed by atoms with van der Waals surface area (Å²) < 4.78 is 5.69. The van der Waals surface area contributed by atoms with Gasteiger partial charge in [0.05, 0.1) is 5.56 Å². The summed E-state index contributed by atoms with van der Waals surface area (Å²) in [5.74, 6) is 1.80. The van der Waals surface area contributed by atoms with Gasteiger partial charge in [-0.2, -0.15) is 4.98 Å². The van der Waals surface area contributed by atoms with E-state index in [9.17, 15) is 0 Å². The van der Waals surface area contributed by atoms with Crippen molar-refractivity contribution in [3.63, 3.8) is 0 Å². The van der Waals surface area contributed by atoms with Gasteiger partial charge in [-0.15, -0.1) is 0 Å². The molecule has 0 amide bonds. The number of nitrogens with two attached hydrogens (primary N) is 1. The SMILES string of the molecule is Cc1c(N)nc(C(C)(C)C)nc1OCCN(C)C. The second-order valence-corrected chi connectivity index (χ2v) is 5.76. The van der Waals surface area contributed by atoms with Crippen molar-refractivity contribution >= 4 is 5.82 Å². The number of anilines is 1. The van der Waals surface area contributed by atoms with Crippen LogP contribution in [-0.2, 0) is 5.41 Å². The van der Waals surface area contributed by atoms with Gasteiger partial charge in [-0.05, 0) is 21.0 Å². The zero-order valence-corrected chi connectivity index (χ0v) is 12.2. The molecule has 0 radical (unpaired) electrons. The second kappa shape index (κ2) is 5.52. The van der Waals surface area contributed by atoms with Crippen molar-refractivity contribution < 1.29 is 4.74 Å². The number of rotatable bonds is 4. The number of hydrogen-bond acceptors (Lipinski definition) is 5. The summed E-state index contributed by atoms with van der Waals surface area (Å²) in [4.78, 5) is 10.9. The Balaban J connectivity index is 2.93. The number of nitrogen functional groups attached to an aromatic ring is 1. The maximum absolute atomic E-state index is 5.91. The minimum absolute atomic E-state index is 0.137. The van der Waals surface area contributed by atoms with Crippen molar-refractivity contribution in [3.05, 3.63) is 11.4 Å². The Morgan fingerprint density at radius 2 is 1.83 bits per heavy atom. The Morgan fingerprint density at radius 1 is 1.22 bits per heavy atom. The molecule has 0 bridgehead atoms. The molecule has 0 aromatic carbocycles. The lowest BCUT2D eigenvalue weighted by molar-refractivity contribution is 0.250. The van der Waals surface area contributed by atoms with Crippen molar-refractivity contribution in [2.75, 3.05) is 33.0 Å². The molecule has 5 heteroatoms. The molecule has 1 heterocycles. The number of aromatic nitrogens is 2. The van der Waals surface area contributed by atoms with Crippen LogP contribution in [0.15, 0.2) is 0 Å². The van der Waals surface area contributed by atoms with E-state index >= 15 is 0 Å². The summed E-state index contributed by atoms with van der Waals surface area (Å²) >= 11 is 0. The van der Waals surface area contributed by atoms with Gasteiger partial charge in [0.25, 0.3) is 0 Å². The van der Waals surface area contributed by atoms with Gasteiger partial charge < -0.3 is 15.4 Å². The molecule has 0 fully saturated rings. The summed E-state index contributed by atoms with van der Waals surface area (Å²) in [6, 6.07) is 0. The minimum Gasteiger partial charge on any atom is -0.476 e. The highest BCUT2D eigenvalue weighted by Gasteiger charge is 2.20. The minimum atomic E-state index is -0.137. The number of hydrogen-bond donors (Lipinski definition) is 1. The Bertz CT molecular complexity index is 410. The zero-order chi connectivity index (χ0) is 13.9. The zero-order valence-electron chi connectivity index (χ0n) is 12.2. The van der Waals surface area contributed by atoms with Crippen molar-refractivity contribution in [1.82, 2.24) is 14.9 Å². The van der Waals surface area contributed by atoms with E-state index in [4.69, 9.17) is 10.5 Å². The fourth-order valence-electron chi connectivity index (χ4n) is 1.31. The van der Waals surface area contributed by atoms with Crippen LogP contribution >= 0.6 is 0 Å². The molecular formula is C13H24N4O. The van der Waals surface area contributed by atoms with E-state index in [0.717, 1.165) is 12.1 Å². The highest BCUT2D eigenvalue weighted by molar-refractivity contribution is 5.45. The van der Waals surface area contributed by atoms with E-state index in [1.807, 2.05) is 21.0 Å². The Labute approximate surface area is 109 Å². The average Bonchev–Trinajstić information content (AvgIpc) is 2.22. The van der Waals surface area contributed by atoms with Gasteiger partial charge >= 0.3 is 0 Å². The van der Waals surface area contributed by atoms with E-state index in [0.29, 0.717) is 24.1 Å². The van der Waals surface area contributed by atoms with Crippen LogP contribution in [0.5, 0.6) is 5.88 Å². The summed E-state index contributed by atoms with van der Waals surface area (Å²) in [7, 11) is 4.01. The Hall–Kier alpha value is -1.36. The van der Waals surface area contributed by atoms with Crippen LogP contribution in [0.25, 0.3) is 0 Å².